The lowest BCUT2D eigenvalue weighted by Crippen LogP contribution is -2.07. The van der Waals surface area contributed by atoms with Gasteiger partial charge in [-0.15, -0.1) is 11.8 Å². The summed E-state index contributed by atoms with van der Waals surface area (Å²) in [5, 5.41) is 0. The van der Waals surface area contributed by atoms with E-state index < -0.39 is 15.7 Å². The van der Waals surface area contributed by atoms with Crippen molar-refractivity contribution in [3.63, 3.8) is 0 Å². The molecule has 0 aliphatic carbocycles. The molecule has 1 rings (SSSR count). The van der Waals surface area contributed by atoms with Gasteiger partial charge in [0, 0.05) is 15.9 Å². The Morgan fingerprint density at radius 2 is 1.79 bits per heavy atom. The Hall–Kier alpha value is -1.08. The van der Waals surface area contributed by atoms with Crippen LogP contribution in [0.2, 0.25) is 0 Å². The molecule has 0 fully saturated rings. The summed E-state index contributed by atoms with van der Waals surface area (Å²) >= 11 is 1.38. The van der Waals surface area contributed by atoms with E-state index in [-0.39, 0.29) is 16.1 Å². The van der Waals surface area contributed by atoms with Crippen molar-refractivity contribution in [1.82, 2.24) is 0 Å². The minimum Gasteiger partial charge on any atom is -0.372 e. The van der Waals surface area contributed by atoms with Crippen LogP contribution in [0, 0.1) is 5.82 Å². The second kappa shape index (κ2) is 6.91. The summed E-state index contributed by atoms with van der Waals surface area (Å²) in [5.41, 5.74) is 4.17. The predicted molar refractivity (Wildman–Crippen MR) is 75.4 cm³/mol. The van der Waals surface area contributed by atoms with Crippen molar-refractivity contribution in [2.24, 2.45) is 5.73 Å². The molecule has 0 saturated heterocycles. The van der Waals surface area contributed by atoms with Gasteiger partial charge in [0.05, 0.1) is 4.90 Å². The quantitative estimate of drug-likeness (QED) is 0.671. The lowest BCUT2D eigenvalue weighted by atomic mass is 10.3. The summed E-state index contributed by atoms with van der Waals surface area (Å²) in [4.78, 5) is 9.07. The summed E-state index contributed by atoms with van der Waals surface area (Å²) in [7, 11) is -3.34. The molecule has 7 heteroatoms. The topological polar surface area (TPSA) is 77.2 Å². The van der Waals surface area contributed by atoms with Crippen molar-refractivity contribution in [2.45, 2.75) is 35.3 Å². The Bertz CT molecular complexity index is 536. The molecule has 0 saturated carbocycles. The molecule has 0 aromatic heterocycles. The first-order chi connectivity index (χ1) is 8.51. The van der Waals surface area contributed by atoms with Crippen LogP contribution in [0.3, 0.4) is 0 Å². The van der Waals surface area contributed by atoms with Gasteiger partial charge in [0.25, 0.3) is 0 Å². The van der Waals surface area contributed by atoms with Gasteiger partial charge in [-0.1, -0.05) is 20.8 Å². The van der Waals surface area contributed by atoms with E-state index in [1.54, 1.807) is 0 Å². The SMILES string of the molecule is CC(C)(C)Sc1ccc(S(C)(=O)=O)cc1F.NC=O. The second-order valence-electron chi connectivity index (χ2n) is 4.71. The first-order valence-corrected chi connectivity index (χ1v) is 8.06. The number of hydrogen-bond acceptors (Lipinski definition) is 4. The Balaban J connectivity index is 0.000000982. The summed E-state index contributed by atoms with van der Waals surface area (Å²) in [6, 6.07) is 4.03. The predicted octanol–water partition coefficient (Wildman–Crippen LogP) is 2.22. The number of sulfone groups is 1. The van der Waals surface area contributed by atoms with Crippen molar-refractivity contribution in [3.05, 3.63) is 24.0 Å². The van der Waals surface area contributed by atoms with Crippen LogP contribution in [0.4, 0.5) is 4.39 Å². The largest absolute Gasteiger partial charge is 0.372 e. The number of benzene rings is 1. The van der Waals surface area contributed by atoms with Crippen LogP contribution in [0.25, 0.3) is 0 Å². The fourth-order valence-electron chi connectivity index (χ4n) is 1.12. The molecular formula is C12H18FNO3S2. The lowest BCUT2D eigenvalue weighted by molar-refractivity contribution is -0.106. The van der Waals surface area contributed by atoms with Crippen LogP contribution in [0.5, 0.6) is 0 Å². The molecule has 108 valence electrons. The highest BCUT2D eigenvalue weighted by Crippen LogP contribution is 2.34. The molecule has 0 spiro atoms. The minimum absolute atomic E-state index is 0.0169. The van der Waals surface area contributed by atoms with Crippen LogP contribution in [-0.2, 0) is 14.6 Å². The van der Waals surface area contributed by atoms with E-state index in [9.17, 15) is 12.8 Å². The highest BCUT2D eigenvalue weighted by molar-refractivity contribution is 8.00. The number of thioether (sulfide) groups is 1. The Labute approximate surface area is 117 Å². The fourth-order valence-corrected chi connectivity index (χ4v) is 2.71. The van der Waals surface area contributed by atoms with Crippen LogP contribution in [0.1, 0.15) is 20.8 Å². The summed E-state index contributed by atoms with van der Waals surface area (Å²) < 4.78 is 35.9. The number of primary amides is 1. The smallest absolute Gasteiger partial charge is 0.204 e. The average Bonchev–Trinajstić information content (AvgIpc) is 2.18. The van der Waals surface area contributed by atoms with Gasteiger partial charge in [-0.05, 0) is 18.2 Å². The van der Waals surface area contributed by atoms with Crippen molar-refractivity contribution in [2.75, 3.05) is 6.26 Å². The van der Waals surface area contributed by atoms with E-state index in [4.69, 9.17) is 4.79 Å². The second-order valence-corrected chi connectivity index (χ2v) is 8.60. The van der Waals surface area contributed by atoms with Crippen LogP contribution >= 0.6 is 11.8 Å². The summed E-state index contributed by atoms with van der Waals surface area (Å²) in [5.74, 6) is -0.483. The first kappa shape index (κ1) is 17.9. The zero-order valence-corrected chi connectivity index (χ0v) is 12.9. The Morgan fingerprint density at radius 3 is 2.11 bits per heavy atom. The molecule has 0 bridgehead atoms. The number of hydrogen-bond donors (Lipinski definition) is 1. The van der Waals surface area contributed by atoms with Gasteiger partial charge in [-0.25, -0.2) is 12.8 Å². The Kier molecular flexibility index (Phi) is 6.51. The third-order valence-corrected chi connectivity index (χ3v) is 4.02. The summed E-state index contributed by atoms with van der Waals surface area (Å²) in [6.07, 6.45) is 1.32. The van der Waals surface area contributed by atoms with Gasteiger partial charge in [-0.3, -0.25) is 4.79 Å². The van der Waals surface area contributed by atoms with Crippen LogP contribution in [-0.4, -0.2) is 25.8 Å². The van der Waals surface area contributed by atoms with E-state index in [1.807, 2.05) is 20.8 Å². The highest BCUT2D eigenvalue weighted by Gasteiger charge is 2.17. The van der Waals surface area contributed by atoms with Crippen molar-refractivity contribution < 1.29 is 17.6 Å². The normalized spacial score (nSPS) is 11.4. The van der Waals surface area contributed by atoms with E-state index >= 15 is 0 Å². The summed E-state index contributed by atoms with van der Waals surface area (Å²) in [6.45, 7) is 5.92. The van der Waals surface area contributed by atoms with Gasteiger partial charge in [0.15, 0.2) is 9.84 Å². The molecule has 1 amide bonds. The van der Waals surface area contributed by atoms with Gasteiger partial charge in [0.2, 0.25) is 6.41 Å². The molecule has 19 heavy (non-hydrogen) atoms. The number of nitrogens with two attached hydrogens (primary N) is 1. The molecule has 4 nitrogen and oxygen atoms in total. The third kappa shape index (κ3) is 7.17. The van der Waals surface area contributed by atoms with Gasteiger partial charge >= 0.3 is 0 Å². The number of carbonyl (C=O) groups is 1. The molecule has 0 heterocycles. The maximum absolute atomic E-state index is 13.6. The number of carbonyl (C=O) groups excluding carboxylic acids is 1. The maximum Gasteiger partial charge on any atom is 0.204 e. The van der Waals surface area contributed by atoms with Gasteiger partial charge in [-0.2, -0.15) is 0 Å². The van der Waals surface area contributed by atoms with E-state index in [0.717, 1.165) is 12.3 Å². The lowest BCUT2D eigenvalue weighted by Gasteiger charge is -2.18. The number of amides is 1. The third-order valence-electron chi connectivity index (χ3n) is 1.75. The van der Waals surface area contributed by atoms with Crippen LogP contribution in [0.15, 0.2) is 28.0 Å². The first-order valence-electron chi connectivity index (χ1n) is 5.35. The molecule has 0 atom stereocenters. The van der Waals surface area contributed by atoms with Gasteiger partial charge < -0.3 is 5.73 Å². The molecule has 0 aliphatic rings. The zero-order valence-electron chi connectivity index (χ0n) is 11.3. The molecule has 0 radical (unpaired) electrons. The van der Waals surface area contributed by atoms with Crippen molar-refractivity contribution in [1.29, 1.82) is 0 Å². The molecule has 0 aliphatic heterocycles. The average molecular weight is 307 g/mol. The van der Waals surface area contributed by atoms with E-state index in [0.29, 0.717) is 4.90 Å². The maximum atomic E-state index is 13.6. The standard InChI is InChI=1S/C11H15FO2S2.CH3NO/c1-11(2,3)15-10-6-5-8(7-9(10)12)16(4,13)14;2-1-3/h5-7H,1-4H3;1H,(H2,2,3). The number of rotatable bonds is 2. The Morgan fingerprint density at radius 1 is 1.32 bits per heavy atom. The zero-order chi connectivity index (χ0) is 15.3. The highest BCUT2D eigenvalue weighted by atomic mass is 32.2. The molecule has 0 unspecified atom stereocenters. The fraction of sp³-hybridized carbons (Fsp3) is 0.417. The number of halogens is 1. The van der Waals surface area contributed by atoms with E-state index in [1.165, 1.54) is 23.9 Å². The molecule has 2 N–H and O–H groups in total. The minimum atomic E-state index is -3.34. The molecule has 1 aromatic rings. The van der Waals surface area contributed by atoms with Crippen molar-refractivity contribution in [3.8, 4) is 0 Å². The van der Waals surface area contributed by atoms with Crippen molar-refractivity contribution >= 4 is 28.0 Å². The van der Waals surface area contributed by atoms with Gasteiger partial charge in [0.1, 0.15) is 5.82 Å². The van der Waals surface area contributed by atoms with Crippen LogP contribution < -0.4 is 5.73 Å². The van der Waals surface area contributed by atoms with E-state index in [2.05, 4.69) is 5.73 Å². The monoisotopic (exact) mass is 307 g/mol. The molecular weight excluding hydrogens is 289 g/mol. The molecule has 1 aromatic carbocycles.